The van der Waals surface area contributed by atoms with Crippen molar-refractivity contribution in [2.24, 2.45) is 11.8 Å². The average molecular weight is 357 g/mol. The van der Waals surface area contributed by atoms with Crippen molar-refractivity contribution >= 4 is 33.4 Å². The minimum Gasteiger partial charge on any atom is -0.279 e. The van der Waals surface area contributed by atoms with Gasteiger partial charge in [0.1, 0.15) is 5.01 Å². The van der Waals surface area contributed by atoms with Crippen LogP contribution in [0.3, 0.4) is 0 Å². The summed E-state index contributed by atoms with van der Waals surface area (Å²) < 4.78 is 1.16. The fourth-order valence-electron chi connectivity index (χ4n) is 3.97. The SMILES string of the molecule is C[C@H](c1nc2ccccc2s1)N(C)CN1C(=O)[C@H]2CCCC[C@H]2C1=O. The molecule has 5 nitrogen and oxygen atoms in total. The van der Waals surface area contributed by atoms with Gasteiger partial charge in [-0.3, -0.25) is 19.4 Å². The average Bonchev–Trinajstić information content (AvgIpc) is 3.17. The summed E-state index contributed by atoms with van der Waals surface area (Å²) >= 11 is 1.67. The number of para-hydroxylation sites is 1. The summed E-state index contributed by atoms with van der Waals surface area (Å²) in [7, 11) is 1.96. The van der Waals surface area contributed by atoms with Gasteiger partial charge < -0.3 is 0 Å². The predicted molar refractivity (Wildman–Crippen MR) is 98.0 cm³/mol. The molecule has 132 valence electrons. The van der Waals surface area contributed by atoms with Crippen LogP contribution in [0.2, 0.25) is 0 Å². The Kier molecular flexibility index (Phi) is 4.33. The lowest BCUT2D eigenvalue weighted by atomic mass is 9.81. The smallest absolute Gasteiger partial charge is 0.234 e. The van der Waals surface area contributed by atoms with Gasteiger partial charge in [0, 0.05) is 0 Å². The van der Waals surface area contributed by atoms with Crippen molar-refractivity contribution in [2.45, 2.75) is 38.6 Å². The quantitative estimate of drug-likeness (QED) is 0.787. The van der Waals surface area contributed by atoms with Crippen molar-refractivity contribution in [3.63, 3.8) is 0 Å². The van der Waals surface area contributed by atoms with Crippen LogP contribution in [0.5, 0.6) is 0 Å². The molecule has 0 radical (unpaired) electrons. The molecule has 2 amide bonds. The van der Waals surface area contributed by atoms with Gasteiger partial charge in [0.25, 0.3) is 0 Å². The zero-order chi connectivity index (χ0) is 17.6. The van der Waals surface area contributed by atoms with Crippen molar-refractivity contribution < 1.29 is 9.59 Å². The molecule has 1 aromatic carbocycles. The minimum atomic E-state index is -0.0765. The molecule has 6 heteroatoms. The van der Waals surface area contributed by atoms with Gasteiger partial charge in [0.2, 0.25) is 11.8 Å². The molecule has 2 aromatic rings. The van der Waals surface area contributed by atoms with Crippen LogP contribution in [-0.2, 0) is 9.59 Å². The number of imide groups is 1. The summed E-state index contributed by atoms with van der Waals surface area (Å²) in [5.74, 6) is -0.101. The molecule has 1 aromatic heterocycles. The van der Waals surface area contributed by atoms with E-state index in [4.69, 9.17) is 4.98 Å². The van der Waals surface area contributed by atoms with Gasteiger partial charge in [-0.15, -0.1) is 11.3 Å². The lowest BCUT2D eigenvalue weighted by molar-refractivity contribution is -0.142. The minimum absolute atomic E-state index is 0.0260. The van der Waals surface area contributed by atoms with Crippen LogP contribution in [0, 0.1) is 11.8 Å². The molecule has 0 bridgehead atoms. The Morgan fingerprint density at radius 3 is 2.48 bits per heavy atom. The van der Waals surface area contributed by atoms with E-state index < -0.39 is 0 Å². The second kappa shape index (κ2) is 6.50. The molecule has 2 fully saturated rings. The first-order chi connectivity index (χ1) is 12.1. The van der Waals surface area contributed by atoms with Gasteiger partial charge in [-0.2, -0.15) is 0 Å². The van der Waals surface area contributed by atoms with Gasteiger partial charge in [-0.25, -0.2) is 4.98 Å². The Hall–Kier alpha value is -1.79. The molecule has 1 aliphatic heterocycles. The van der Waals surface area contributed by atoms with E-state index in [9.17, 15) is 9.59 Å². The number of hydrogen-bond acceptors (Lipinski definition) is 5. The Morgan fingerprint density at radius 1 is 1.20 bits per heavy atom. The molecule has 1 aliphatic carbocycles. The highest BCUT2D eigenvalue weighted by molar-refractivity contribution is 7.18. The van der Waals surface area contributed by atoms with E-state index in [2.05, 4.69) is 13.0 Å². The van der Waals surface area contributed by atoms with E-state index in [1.165, 1.54) is 4.90 Å². The van der Waals surface area contributed by atoms with Gasteiger partial charge in [-0.05, 0) is 38.9 Å². The second-order valence-electron chi connectivity index (χ2n) is 7.20. The van der Waals surface area contributed by atoms with E-state index in [1.54, 1.807) is 11.3 Å². The van der Waals surface area contributed by atoms with E-state index >= 15 is 0 Å². The monoisotopic (exact) mass is 357 g/mol. The van der Waals surface area contributed by atoms with Gasteiger partial charge >= 0.3 is 0 Å². The number of hydrogen-bond donors (Lipinski definition) is 0. The van der Waals surface area contributed by atoms with Crippen LogP contribution in [-0.4, -0.2) is 40.3 Å². The fourth-order valence-corrected chi connectivity index (χ4v) is 5.06. The van der Waals surface area contributed by atoms with Crippen LogP contribution in [0.15, 0.2) is 24.3 Å². The van der Waals surface area contributed by atoms with Gasteiger partial charge in [0.05, 0.1) is 34.8 Å². The number of nitrogens with zero attached hydrogens (tertiary/aromatic N) is 3. The van der Waals surface area contributed by atoms with E-state index in [1.807, 2.05) is 30.1 Å². The summed E-state index contributed by atoms with van der Waals surface area (Å²) in [6.45, 7) is 2.43. The molecule has 25 heavy (non-hydrogen) atoms. The van der Waals surface area contributed by atoms with Crippen molar-refractivity contribution in [1.82, 2.24) is 14.8 Å². The molecule has 0 spiro atoms. The number of carbonyl (C=O) groups is 2. The first-order valence-corrected chi connectivity index (χ1v) is 9.79. The molecule has 0 N–H and O–H groups in total. The van der Waals surface area contributed by atoms with Crippen LogP contribution in [0.25, 0.3) is 10.2 Å². The summed E-state index contributed by atoms with van der Waals surface area (Å²) in [6, 6.07) is 8.15. The number of likely N-dealkylation sites (tertiary alicyclic amines) is 1. The van der Waals surface area contributed by atoms with Gasteiger partial charge in [-0.1, -0.05) is 25.0 Å². The second-order valence-corrected chi connectivity index (χ2v) is 8.26. The maximum Gasteiger partial charge on any atom is 0.234 e. The zero-order valence-corrected chi connectivity index (χ0v) is 15.5. The number of amides is 2. The van der Waals surface area contributed by atoms with Crippen LogP contribution < -0.4 is 0 Å². The number of rotatable bonds is 4. The summed E-state index contributed by atoms with van der Waals surface area (Å²) in [5.41, 5.74) is 1.00. The standard InChI is InChI=1S/C19H23N3O2S/c1-12(17-20-15-9-5-6-10-16(15)25-17)21(2)11-22-18(23)13-7-3-4-8-14(13)19(22)24/h5-6,9-10,12-14H,3-4,7-8,11H2,1-2H3/t12-,13-,14+/m1/s1. The van der Waals surface area contributed by atoms with Crippen molar-refractivity contribution in [2.75, 3.05) is 13.7 Å². The number of carbonyl (C=O) groups excluding carboxylic acids is 2. The van der Waals surface area contributed by atoms with Gasteiger partial charge in [0.15, 0.2) is 0 Å². The Morgan fingerprint density at radius 2 is 1.84 bits per heavy atom. The molecular weight excluding hydrogens is 334 g/mol. The molecule has 1 saturated carbocycles. The Labute approximate surface area is 151 Å². The third-order valence-electron chi connectivity index (χ3n) is 5.63. The molecule has 0 unspecified atom stereocenters. The third-order valence-corrected chi connectivity index (χ3v) is 6.83. The highest BCUT2D eigenvalue weighted by atomic mass is 32.1. The highest BCUT2D eigenvalue weighted by Crippen LogP contribution is 2.38. The lowest BCUT2D eigenvalue weighted by Crippen LogP contribution is -2.41. The number of aromatic nitrogens is 1. The first kappa shape index (κ1) is 16.7. The van der Waals surface area contributed by atoms with E-state index in [0.717, 1.165) is 40.9 Å². The molecule has 3 atom stereocenters. The topological polar surface area (TPSA) is 53.5 Å². The fraction of sp³-hybridized carbons (Fsp3) is 0.526. The van der Waals surface area contributed by atoms with Crippen LogP contribution >= 0.6 is 11.3 Å². The Bertz CT molecular complexity index is 761. The Balaban J connectivity index is 1.50. The maximum absolute atomic E-state index is 12.7. The number of thiazole rings is 1. The van der Waals surface area contributed by atoms with Crippen LogP contribution in [0.4, 0.5) is 0 Å². The summed E-state index contributed by atoms with van der Waals surface area (Å²) in [5, 5.41) is 1.01. The van der Waals surface area contributed by atoms with E-state index in [0.29, 0.717) is 6.67 Å². The first-order valence-electron chi connectivity index (χ1n) is 8.97. The largest absolute Gasteiger partial charge is 0.279 e. The molecule has 2 heterocycles. The molecule has 4 rings (SSSR count). The van der Waals surface area contributed by atoms with Crippen molar-refractivity contribution in [1.29, 1.82) is 0 Å². The molecule has 2 aliphatic rings. The van der Waals surface area contributed by atoms with Crippen molar-refractivity contribution in [3.05, 3.63) is 29.3 Å². The highest BCUT2D eigenvalue weighted by Gasteiger charge is 2.48. The van der Waals surface area contributed by atoms with E-state index in [-0.39, 0.29) is 29.7 Å². The number of benzene rings is 1. The number of fused-ring (bicyclic) bond motifs is 2. The third kappa shape index (κ3) is 2.87. The normalized spacial score (nSPS) is 25.0. The molecule has 1 saturated heterocycles. The van der Waals surface area contributed by atoms with Crippen molar-refractivity contribution in [3.8, 4) is 0 Å². The lowest BCUT2D eigenvalue weighted by Gasteiger charge is -2.27. The van der Waals surface area contributed by atoms with Crippen LogP contribution in [0.1, 0.15) is 43.7 Å². The zero-order valence-electron chi connectivity index (χ0n) is 14.6. The summed E-state index contributed by atoms with van der Waals surface area (Å²) in [4.78, 5) is 33.5. The molecular formula is C19H23N3O2S. The maximum atomic E-state index is 12.7. The summed E-state index contributed by atoms with van der Waals surface area (Å²) in [6.07, 6.45) is 3.85. The predicted octanol–water partition coefficient (Wildman–Crippen LogP) is 3.42.